The van der Waals surface area contributed by atoms with Crippen LogP contribution in [0.3, 0.4) is 0 Å². The lowest BCUT2D eigenvalue weighted by Gasteiger charge is -2.08. The summed E-state index contributed by atoms with van der Waals surface area (Å²) in [5.74, 6) is -0.600. The first-order valence-electron chi connectivity index (χ1n) is 7.55. The Bertz CT molecular complexity index is 863. The van der Waals surface area contributed by atoms with Crippen molar-refractivity contribution < 1.29 is 13.9 Å². The van der Waals surface area contributed by atoms with Gasteiger partial charge < -0.3 is 9.30 Å². The van der Waals surface area contributed by atoms with E-state index in [0.717, 1.165) is 16.2 Å². The standard InChI is InChI=1S/C18H17FN2O2S/c1-23-11-10-21-16-9-5-4-8-15(16)20-18(21)24-12-17(22)13-6-2-3-7-14(13)19/h2-9H,10-12H2,1H3. The Labute approximate surface area is 143 Å². The van der Waals surface area contributed by atoms with Gasteiger partial charge in [-0.25, -0.2) is 9.37 Å². The second-order valence-corrected chi connectivity index (χ2v) is 6.16. The maximum atomic E-state index is 13.7. The van der Waals surface area contributed by atoms with E-state index < -0.39 is 5.82 Å². The van der Waals surface area contributed by atoms with Gasteiger partial charge in [-0.1, -0.05) is 36.0 Å². The van der Waals surface area contributed by atoms with E-state index >= 15 is 0 Å². The van der Waals surface area contributed by atoms with Gasteiger partial charge in [0.05, 0.1) is 29.0 Å². The fourth-order valence-corrected chi connectivity index (χ4v) is 3.38. The van der Waals surface area contributed by atoms with Crippen molar-refractivity contribution in [2.75, 3.05) is 19.5 Å². The number of carbonyl (C=O) groups is 1. The number of benzene rings is 2. The monoisotopic (exact) mass is 344 g/mol. The van der Waals surface area contributed by atoms with Crippen molar-refractivity contribution >= 4 is 28.6 Å². The number of ketones is 1. The van der Waals surface area contributed by atoms with E-state index in [1.807, 2.05) is 28.8 Å². The number of rotatable bonds is 7. The molecule has 0 spiro atoms. The molecule has 0 bridgehead atoms. The molecule has 0 amide bonds. The van der Waals surface area contributed by atoms with Crippen LogP contribution in [-0.2, 0) is 11.3 Å². The predicted molar refractivity (Wildman–Crippen MR) is 93.1 cm³/mol. The summed E-state index contributed by atoms with van der Waals surface area (Å²) in [4.78, 5) is 16.8. The van der Waals surface area contributed by atoms with Crippen LogP contribution in [0.25, 0.3) is 11.0 Å². The number of ether oxygens (including phenoxy) is 1. The summed E-state index contributed by atoms with van der Waals surface area (Å²) in [6.45, 7) is 1.20. The van der Waals surface area contributed by atoms with Crippen LogP contribution in [0.1, 0.15) is 10.4 Å². The number of imidazole rings is 1. The van der Waals surface area contributed by atoms with Crippen molar-refractivity contribution in [3.8, 4) is 0 Å². The lowest BCUT2D eigenvalue weighted by Crippen LogP contribution is -2.08. The number of nitrogens with zero attached hydrogens (tertiary/aromatic N) is 2. The van der Waals surface area contributed by atoms with Crippen LogP contribution in [-0.4, -0.2) is 34.8 Å². The molecule has 0 atom stereocenters. The van der Waals surface area contributed by atoms with Crippen molar-refractivity contribution in [3.63, 3.8) is 0 Å². The molecule has 0 aliphatic rings. The summed E-state index contributed by atoms with van der Waals surface area (Å²) in [5.41, 5.74) is 1.98. The lowest BCUT2D eigenvalue weighted by atomic mass is 10.1. The maximum absolute atomic E-state index is 13.7. The van der Waals surface area contributed by atoms with Crippen molar-refractivity contribution in [2.45, 2.75) is 11.7 Å². The van der Waals surface area contributed by atoms with Gasteiger partial charge in [-0.2, -0.15) is 0 Å². The molecule has 3 rings (SSSR count). The van der Waals surface area contributed by atoms with Crippen LogP contribution in [0.2, 0.25) is 0 Å². The minimum absolute atomic E-state index is 0.115. The molecule has 24 heavy (non-hydrogen) atoms. The molecule has 0 saturated carbocycles. The van der Waals surface area contributed by atoms with Gasteiger partial charge in [0.15, 0.2) is 10.9 Å². The van der Waals surface area contributed by atoms with Crippen LogP contribution in [0.4, 0.5) is 4.39 Å². The zero-order valence-electron chi connectivity index (χ0n) is 13.2. The average molecular weight is 344 g/mol. The van der Waals surface area contributed by atoms with Crippen LogP contribution in [0, 0.1) is 5.82 Å². The number of aromatic nitrogens is 2. The second-order valence-electron chi connectivity index (χ2n) is 5.22. The Balaban J connectivity index is 1.82. The highest BCUT2D eigenvalue weighted by Gasteiger charge is 2.15. The zero-order valence-corrected chi connectivity index (χ0v) is 14.1. The molecule has 0 radical (unpaired) electrons. The van der Waals surface area contributed by atoms with Crippen molar-refractivity contribution in [1.29, 1.82) is 0 Å². The third-order valence-electron chi connectivity index (χ3n) is 3.65. The van der Waals surface area contributed by atoms with E-state index in [0.29, 0.717) is 13.2 Å². The highest BCUT2D eigenvalue weighted by Crippen LogP contribution is 2.25. The molecule has 1 aromatic heterocycles. The predicted octanol–water partition coefficient (Wildman–Crippen LogP) is 3.80. The van der Waals surface area contributed by atoms with Crippen molar-refractivity contribution in [1.82, 2.24) is 9.55 Å². The summed E-state index contributed by atoms with van der Waals surface area (Å²) in [7, 11) is 1.65. The van der Waals surface area contributed by atoms with E-state index in [-0.39, 0.29) is 17.1 Å². The van der Waals surface area contributed by atoms with E-state index in [1.54, 1.807) is 19.2 Å². The van der Waals surface area contributed by atoms with Gasteiger partial charge >= 0.3 is 0 Å². The Morgan fingerprint density at radius 2 is 1.96 bits per heavy atom. The van der Waals surface area contributed by atoms with Crippen LogP contribution in [0.15, 0.2) is 53.7 Å². The van der Waals surface area contributed by atoms with Crippen LogP contribution >= 0.6 is 11.8 Å². The number of hydrogen-bond acceptors (Lipinski definition) is 4. The number of fused-ring (bicyclic) bond motifs is 1. The number of hydrogen-bond donors (Lipinski definition) is 0. The molecular formula is C18H17FN2O2S. The van der Waals surface area contributed by atoms with Gasteiger partial charge in [0, 0.05) is 13.7 Å². The molecule has 0 N–H and O–H groups in total. The number of thioether (sulfide) groups is 1. The Hall–Kier alpha value is -2.18. The molecule has 2 aromatic carbocycles. The first-order chi connectivity index (χ1) is 11.7. The third kappa shape index (κ3) is 3.49. The minimum atomic E-state index is -0.490. The molecule has 124 valence electrons. The molecular weight excluding hydrogens is 327 g/mol. The molecule has 0 fully saturated rings. The number of methoxy groups -OCH3 is 1. The Morgan fingerprint density at radius 1 is 1.21 bits per heavy atom. The minimum Gasteiger partial charge on any atom is -0.383 e. The van der Waals surface area contributed by atoms with E-state index in [4.69, 9.17) is 4.74 Å². The van der Waals surface area contributed by atoms with E-state index in [1.165, 1.54) is 23.9 Å². The molecule has 6 heteroatoms. The van der Waals surface area contributed by atoms with Gasteiger partial charge in [-0.3, -0.25) is 4.79 Å². The topological polar surface area (TPSA) is 44.1 Å². The van der Waals surface area contributed by atoms with Gasteiger partial charge in [-0.05, 0) is 24.3 Å². The summed E-state index contributed by atoms with van der Waals surface area (Å²) < 4.78 is 20.9. The van der Waals surface area contributed by atoms with E-state index in [2.05, 4.69) is 4.98 Å². The second kappa shape index (κ2) is 7.59. The van der Waals surface area contributed by atoms with Crippen LogP contribution < -0.4 is 0 Å². The van der Waals surface area contributed by atoms with Gasteiger partial charge in [0.25, 0.3) is 0 Å². The first-order valence-corrected chi connectivity index (χ1v) is 8.54. The lowest BCUT2D eigenvalue weighted by molar-refractivity contribution is 0.101. The smallest absolute Gasteiger partial charge is 0.176 e. The Morgan fingerprint density at radius 3 is 2.75 bits per heavy atom. The highest BCUT2D eigenvalue weighted by molar-refractivity contribution is 7.99. The molecule has 1 heterocycles. The number of carbonyl (C=O) groups excluding carboxylic acids is 1. The molecule has 0 saturated heterocycles. The van der Waals surface area contributed by atoms with Gasteiger partial charge in [0.1, 0.15) is 5.82 Å². The summed E-state index contributed by atoms with van der Waals surface area (Å²) in [6, 6.07) is 13.8. The number of halogens is 1. The summed E-state index contributed by atoms with van der Waals surface area (Å²) in [6.07, 6.45) is 0. The Kier molecular flexibility index (Phi) is 5.27. The summed E-state index contributed by atoms with van der Waals surface area (Å²) >= 11 is 1.31. The van der Waals surface area contributed by atoms with E-state index in [9.17, 15) is 9.18 Å². The van der Waals surface area contributed by atoms with Crippen LogP contribution in [0.5, 0.6) is 0 Å². The average Bonchev–Trinajstić information content (AvgIpc) is 2.96. The normalized spacial score (nSPS) is 11.1. The zero-order chi connectivity index (χ0) is 16.9. The molecule has 0 aliphatic carbocycles. The van der Waals surface area contributed by atoms with Gasteiger partial charge in [-0.15, -0.1) is 0 Å². The first kappa shape index (κ1) is 16.7. The maximum Gasteiger partial charge on any atom is 0.176 e. The van der Waals surface area contributed by atoms with Crippen molar-refractivity contribution in [2.24, 2.45) is 0 Å². The largest absolute Gasteiger partial charge is 0.383 e. The highest BCUT2D eigenvalue weighted by atomic mass is 32.2. The fourth-order valence-electron chi connectivity index (χ4n) is 2.46. The fraction of sp³-hybridized carbons (Fsp3) is 0.222. The molecule has 0 unspecified atom stereocenters. The van der Waals surface area contributed by atoms with Crippen molar-refractivity contribution in [3.05, 3.63) is 59.9 Å². The number of para-hydroxylation sites is 2. The van der Waals surface area contributed by atoms with Gasteiger partial charge in [0.2, 0.25) is 0 Å². The quantitative estimate of drug-likeness (QED) is 0.483. The molecule has 0 aliphatic heterocycles. The third-order valence-corrected chi connectivity index (χ3v) is 4.62. The molecule has 4 nitrogen and oxygen atoms in total. The number of Topliss-reactive ketones (excluding diaryl/α,β-unsaturated/α-hetero) is 1. The molecule has 3 aromatic rings. The summed E-state index contributed by atoms with van der Waals surface area (Å²) in [5, 5.41) is 0.734. The SMILES string of the molecule is COCCn1c(SCC(=O)c2ccccc2F)nc2ccccc21.